The molecule has 21 heavy (non-hydrogen) atoms. The van der Waals surface area contributed by atoms with Gasteiger partial charge < -0.3 is 21.1 Å². The number of ether oxygens (including phenoxy) is 1. The molecule has 0 radical (unpaired) electrons. The van der Waals surface area contributed by atoms with Crippen molar-refractivity contribution in [3.63, 3.8) is 0 Å². The number of carbonyl (C=O) groups is 3. The maximum Gasteiger partial charge on any atom is 0.329 e. The summed E-state index contributed by atoms with van der Waals surface area (Å²) in [5.41, 5.74) is 4.92. The van der Waals surface area contributed by atoms with Crippen LogP contribution in [0, 0.1) is 5.41 Å². The molecule has 2 amide bonds. The Morgan fingerprint density at radius 1 is 1.33 bits per heavy atom. The van der Waals surface area contributed by atoms with Crippen molar-refractivity contribution in [2.75, 3.05) is 25.2 Å². The van der Waals surface area contributed by atoms with E-state index in [4.69, 9.17) is 10.5 Å². The summed E-state index contributed by atoms with van der Waals surface area (Å²) in [6.45, 7) is 3.53. The molecule has 0 aromatic heterocycles. The van der Waals surface area contributed by atoms with Crippen molar-refractivity contribution in [1.29, 1.82) is 0 Å². The molecule has 1 saturated heterocycles. The van der Waals surface area contributed by atoms with Gasteiger partial charge in [0.15, 0.2) is 0 Å². The molecule has 1 fully saturated rings. The third-order valence-electron chi connectivity index (χ3n) is 3.01. The van der Waals surface area contributed by atoms with Crippen LogP contribution in [0.4, 0.5) is 0 Å². The molecule has 0 saturated carbocycles. The van der Waals surface area contributed by atoms with Crippen LogP contribution < -0.4 is 16.4 Å². The van der Waals surface area contributed by atoms with Crippen molar-refractivity contribution in [2.45, 2.75) is 25.9 Å². The van der Waals surface area contributed by atoms with Crippen LogP contribution in [0.5, 0.6) is 0 Å². The van der Waals surface area contributed by atoms with Gasteiger partial charge in [-0.2, -0.15) is 0 Å². The average molecular weight is 335 g/mol. The molecule has 0 bridgehead atoms. The normalized spacial score (nSPS) is 27.6. The average Bonchev–Trinajstić information content (AvgIpc) is 2.45. The quantitative estimate of drug-likeness (QED) is 0.438. The zero-order valence-electron chi connectivity index (χ0n) is 12.3. The maximum atomic E-state index is 12.3. The van der Waals surface area contributed by atoms with Crippen molar-refractivity contribution < 1.29 is 19.1 Å². The van der Waals surface area contributed by atoms with Crippen LogP contribution in [0.15, 0.2) is 0 Å². The van der Waals surface area contributed by atoms with Gasteiger partial charge in [0.05, 0.1) is 18.6 Å². The molecule has 0 unspecified atom stereocenters. The topological polar surface area (TPSA) is 111 Å². The van der Waals surface area contributed by atoms with Gasteiger partial charge in [0.1, 0.15) is 6.04 Å². The van der Waals surface area contributed by atoms with Gasteiger partial charge in [-0.3, -0.25) is 9.59 Å². The summed E-state index contributed by atoms with van der Waals surface area (Å²) in [6.07, 6.45) is 0. The first-order valence-corrected chi connectivity index (χ1v) is 8.93. The lowest BCUT2D eigenvalue weighted by Crippen LogP contribution is -2.53. The fraction of sp³-hybridized carbons (Fsp3) is 0.750. The van der Waals surface area contributed by atoms with Crippen LogP contribution in [-0.4, -0.2) is 55.0 Å². The zero-order valence-corrected chi connectivity index (χ0v) is 13.9. The van der Waals surface area contributed by atoms with E-state index < -0.39 is 23.5 Å². The Bertz CT molecular complexity index is 417. The summed E-state index contributed by atoms with van der Waals surface area (Å²) in [6, 6.07) is -1.36. The molecule has 0 spiro atoms. The van der Waals surface area contributed by atoms with Gasteiger partial charge in [-0.25, -0.2) is 4.79 Å². The van der Waals surface area contributed by atoms with Gasteiger partial charge in [-0.15, -0.1) is 0 Å². The highest BCUT2D eigenvalue weighted by molar-refractivity contribution is 8.76. The van der Waals surface area contributed by atoms with Crippen LogP contribution in [0.1, 0.15) is 13.8 Å². The van der Waals surface area contributed by atoms with Crippen LogP contribution >= 0.6 is 21.6 Å². The number of carbonyl (C=O) groups excluding carboxylic acids is 3. The Balaban J connectivity index is 2.85. The predicted molar refractivity (Wildman–Crippen MR) is 83.6 cm³/mol. The molecule has 0 aromatic carbocycles. The molecular weight excluding hydrogens is 314 g/mol. The monoisotopic (exact) mass is 335 g/mol. The molecule has 4 N–H and O–H groups in total. The number of nitrogens with two attached hydrogens (primary N) is 1. The second kappa shape index (κ2) is 7.90. The molecular formula is C12H21N3O4S2. The number of amides is 2. The number of esters is 1. The fourth-order valence-corrected chi connectivity index (χ4v) is 3.77. The molecule has 2 atom stereocenters. The SMILES string of the molecule is COC(=O)[C@@H]1CSSC[C@H](N)C(=O)NCC(C)(C)C(=O)N1. The van der Waals surface area contributed by atoms with Crippen molar-refractivity contribution in [1.82, 2.24) is 10.6 Å². The number of hydrogen-bond donors (Lipinski definition) is 3. The molecule has 1 aliphatic rings. The van der Waals surface area contributed by atoms with Crippen molar-refractivity contribution in [2.24, 2.45) is 11.1 Å². The molecule has 120 valence electrons. The highest BCUT2D eigenvalue weighted by atomic mass is 33.1. The summed E-state index contributed by atoms with van der Waals surface area (Å²) in [4.78, 5) is 35.7. The summed E-state index contributed by atoms with van der Waals surface area (Å²) in [5, 5.41) is 5.34. The van der Waals surface area contributed by atoms with E-state index in [2.05, 4.69) is 10.6 Å². The third-order valence-corrected chi connectivity index (χ3v) is 5.46. The van der Waals surface area contributed by atoms with E-state index in [1.54, 1.807) is 13.8 Å². The van der Waals surface area contributed by atoms with E-state index in [1.807, 2.05) is 0 Å². The standard InChI is InChI=1S/C12H21N3O4S2/c1-12(2)6-14-9(16)7(13)4-20-21-5-8(10(17)19-3)15-11(12)18/h7-8H,4-6,13H2,1-3H3,(H,14,16)(H,15,18)/t7-,8-/m0/s1. The molecule has 1 aliphatic heterocycles. The summed E-state index contributed by atoms with van der Waals surface area (Å²) in [7, 11) is 4.03. The summed E-state index contributed by atoms with van der Waals surface area (Å²) >= 11 is 0. The van der Waals surface area contributed by atoms with E-state index in [0.29, 0.717) is 11.5 Å². The molecule has 7 nitrogen and oxygen atoms in total. The Morgan fingerprint density at radius 3 is 2.57 bits per heavy atom. The van der Waals surface area contributed by atoms with Crippen LogP contribution in [0.3, 0.4) is 0 Å². The first-order valence-electron chi connectivity index (χ1n) is 6.44. The lowest BCUT2D eigenvalue weighted by Gasteiger charge is -2.27. The number of hydrogen-bond acceptors (Lipinski definition) is 7. The van der Waals surface area contributed by atoms with E-state index in [9.17, 15) is 14.4 Å². The Hall–Kier alpha value is -0.930. The number of methoxy groups -OCH3 is 1. The van der Waals surface area contributed by atoms with Crippen molar-refractivity contribution >= 4 is 39.4 Å². The minimum absolute atomic E-state index is 0.150. The molecule has 0 aliphatic carbocycles. The Labute approximate surface area is 131 Å². The lowest BCUT2D eigenvalue weighted by molar-refractivity contribution is -0.145. The minimum atomic E-state index is -0.849. The van der Waals surface area contributed by atoms with E-state index in [-0.39, 0.29) is 18.4 Å². The largest absolute Gasteiger partial charge is 0.467 e. The fourth-order valence-electron chi connectivity index (χ4n) is 1.50. The second-order valence-electron chi connectivity index (χ2n) is 5.33. The maximum absolute atomic E-state index is 12.3. The van der Waals surface area contributed by atoms with Crippen molar-refractivity contribution in [3.8, 4) is 0 Å². The van der Waals surface area contributed by atoms with Crippen LogP contribution in [0.2, 0.25) is 0 Å². The highest BCUT2D eigenvalue weighted by Gasteiger charge is 2.33. The van der Waals surface area contributed by atoms with Gasteiger partial charge >= 0.3 is 5.97 Å². The van der Waals surface area contributed by atoms with Crippen LogP contribution in [0.25, 0.3) is 0 Å². The van der Waals surface area contributed by atoms with Gasteiger partial charge in [0.25, 0.3) is 0 Å². The third kappa shape index (κ3) is 5.40. The smallest absolute Gasteiger partial charge is 0.329 e. The van der Waals surface area contributed by atoms with Gasteiger partial charge in [0.2, 0.25) is 11.8 Å². The predicted octanol–water partition coefficient (Wildman–Crippen LogP) is -0.491. The van der Waals surface area contributed by atoms with E-state index >= 15 is 0 Å². The van der Waals surface area contributed by atoms with E-state index in [0.717, 1.165) is 0 Å². The zero-order chi connectivity index (χ0) is 16.0. The lowest BCUT2D eigenvalue weighted by atomic mass is 9.91. The summed E-state index contributed by atoms with van der Waals surface area (Å²) in [5.74, 6) is -0.309. The van der Waals surface area contributed by atoms with Gasteiger partial charge in [-0.05, 0) is 13.8 Å². The number of rotatable bonds is 1. The number of nitrogens with one attached hydrogen (secondary N) is 2. The minimum Gasteiger partial charge on any atom is -0.467 e. The van der Waals surface area contributed by atoms with Gasteiger partial charge in [0, 0.05) is 18.1 Å². The second-order valence-corrected chi connectivity index (χ2v) is 7.88. The van der Waals surface area contributed by atoms with E-state index in [1.165, 1.54) is 28.7 Å². The first kappa shape index (κ1) is 18.1. The Kier molecular flexibility index (Phi) is 6.82. The molecule has 1 heterocycles. The van der Waals surface area contributed by atoms with Gasteiger partial charge in [-0.1, -0.05) is 21.6 Å². The molecule has 1 rings (SSSR count). The van der Waals surface area contributed by atoms with Crippen molar-refractivity contribution in [3.05, 3.63) is 0 Å². The Morgan fingerprint density at radius 2 is 1.95 bits per heavy atom. The van der Waals surface area contributed by atoms with Crippen LogP contribution in [-0.2, 0) is 19.1 Å². The molecule has 0 aromatic rings. The molecule has 9 heteroatoms. The first-order chi connectivity index (χ1) is 9.77. The summed E-state index contributed by atoms with van der Waals surface area (Å²) < 4.78 is 4.70. The highest BCUT2D eigenvalue weighted by Crippen LogP contribution is 2.24.